The molecule has 0 heterocycles. The molecular weight excluding hydrogens is 244 g/mol. The van der Waals surface area contributed by atoms with Gasteiger partial charge in [0.2, 0.25) is 10.0 Å². The van der Waals surface area contributed by atoms with Crippen molar-refractivity contribution >= 4 is 10.0 Å². The summed E-state index contributed by atoms with van der Waals surface area (Å²) in [4.78, 5) is 0. The minimum Gasteiger partial charge on any atom is -0.395 e. The maximum atomic E-state index is 11.8. The number of sulfonamides is 1. The molecule has 0 radical (unpaired) electrons. The standard InChI is InChI=1S/C10H24N2O4S/c1-10(2)11-4-3-9-17(15,16)12(5-7-13)6-8-14/h10-11,13-14H,3-9H2,1-2H3. The summed E-state index contributed by atoms with van der Waals surface area (Å²) in [5.41, 5.74) is 0. The van der Waals surface area contributed by atoms with Crippen LogP contribution in [0.1, 0.15) is 20.3 Å². The molecule has 104 valence electrons. The van der Waals surface area contributed by atoms with Gasteiger partial charge in [-0.15, -0.1) is 0 Å². The van der Waals surface area contributed by atoms with Crippen molar-refractivity contribution in [3.63, 3.8) is 0 Å². The lowest BCUT2D eigenvalue weighted by molar-refractivity contribution is 0.217. The normalized spacial score (nSPS) is 12.6. The summed E-state index contributed by atoms with van der Waals surface area (Å²) in [7, 11) is -3.37. The number of nitrogens with zero attached hydrogens (tertiary/aromatic N) is 1. The average Bonchev–Trinajstić information content (AvgIpc) is 2.24. The van der Waals surface area contributed by atoms with E-state index >= 15 is 0 Å². The Hall–Kier alpha value is -0.210. The van der Waals surface area contributed by atoms with Crippen LogP contribution >= 0.6 is 0 Å². The smallest absolute Gasteiger partial charge is 0.214 e. The maximum absolute atomic E-state index is 11.8. The number of rotatable bonds is 10. The predicted octanol–water partition coefficient (Wildman–Crippen LogP) is -1.01. The zero-order valence-corrected chi connectivity index (χ0v) is 11.4. The van der Waals surface area contributed by atoms with Crippen LogP contribution in [0.25, 0.3) is 0 Å². The Labute approximate surface area is 104 Å². The third kappa shape index (κ3) is 7.67. The van der Waals surface area contributed by atoms with Gasteiger partial charge < -0.3 is 15.5 Å². The summed E-state index contributed by atoms with van der Waals surface area (Å²) in [6.07, 6.45) is 0.522. The highest BCUT2D eigenvalue weighted by molar-refractivity contribution is 7.89. The van der Waals surface area contributed by atoms with E-state index in [9.17, 15) is 8.42 Å². The maximum Gasteiger partial charge on any atom is 0.214 e. The Bertz CT molecular complexity index is 274. The number of hydrogen-bond acceptors (Lipinski definition) is 5. The van der Waals surface area contributed by atoms with Crippen LogP contribution in [0.15, 0.2) is 0 Å². The zero-order chi connectivity index (χ0) is 13.3. The van der Waals surface area contributed by atoms with Crippen LogP contribution < -0.4 is 5.32 Å². The molecule has 0 aliphatic rings. The van der Waals surface area contributed by atoms with Crippen molar-refractivity contribution in [2.45, 2.75) is 26.3 Å². The highest BCUT2D eigenvalue weighted by Gasteiger charge is 2.20. The first-order valence-corrected chi connectivity index (χ1v) is 7.48. The van der Waals surface area contributed by atoms with Crippen molar-refractivity contribution < 1.29 is 18.6 Å². The Balaban J connectivity index is 4.13. The van der Waals surface area contributed by atoms with E-state index in [2.05, 4.69) is 5.32 Å². The van der Waals surface area contributed by atoms with E-state index < -0.39 is 10.0 Å². The summed E-state index contributed by atoms with van der Waals surface area (Å²) in [5.74, 6) is 0.0344. The summed E-state index contributed by atoms with van der Waals surface area (Å²) >= 11 is 0. The minimum atomic E-state index is -3.37. The van der Waals surface area contributed by atoms with Crippen LogP contribution in [0, 0.1) is 0 Å². The summed E-state index contributed by atoms with van der Waals surface area (Å²) in [6.45, 7) is 4.26. The molecule has 0 fully saturated rings. The van der Waals surface area contributed by atoms with E-state index in [0.29, 0.717) is 19.0 Å². The van der Waals surface area contributed by atoms with Gasteiger partial charge in [-0.05, 0) is 13.0 Å². The van der Waals surface area contributed by atoms with Crippen LogP contribution in [0.2, 0.25) is 0 Å². The number of aliphatic hydroxyl groups is 2. The van der Waals surface area contributed by atoms with Crippen LogP contribution in [0.5, 0.6) is 0 Å². The average molecular weight is 268 g/mol. The van der Waals surface area contributed by atoms with E-state index in [0.717, 1.165) is 4.31 Å². The SMILES string of the molecule is CC(C)NCCCS(=O)(=O)N(CCO)CCO. The zero-order valence-electron chi connectivity index (χ0n) is 10.6. The van der Waals surface area contributed by atoms with Crippen LogP contribution in [-0.2, 0) is 10.0 Å². The van der Waals surface area contributed by atoms with Gasteiger partial charge in [-0.2, -0.15) is 4.31 Å². The second-order valence-electron chi connectivity index (χ2n) is 4.12. The van der Waals surface area contributed by atoms with Crippen molar-refractivity contribution in [2.75, 3.05) is 38.6 Å². The highest BCUT2D eigenvalue weighted by atomic mass is 32.2. The van der Waals surface area contributed by atoms with Gasteiger partial charge >= 0.3 is 0 Å². The molecule has 0 amide bonds. The lowest BCUT2D eigenvalue weighted by Crippen LogP contribution is -2.38. The fourth-order valence-corrected chi connectivity index (χ4v) is 2.87. The molecule has 0 aromatic carbocycles. The third-order valence-electron chi connectivity index (χ3n) is 2.22. The predicted molar refractivity (Wildman–Crippen MR) is 67.3 cm³/mol. The first kappa shape index (κ1) is 16.8. The summed E-state index contributed by atoms with van der Waals surface area (Å²) in [5, 5.41) is 20.7. The first-order chi connectivity index (χ1) is 7.94. The van der Waals surface area contributed by atoms with Gasteiger partial charge in [-0.25, -0.2) is 8.42 Å². The lowest BCUT2D eigenvalue weighted by atomic mass is 10.4. The van der Waals surface area contributed by atoms with Crippen molar-refractivity contribution in [1.82, 2.24) is 9.62 Å². The molecule has 0 atom stereocenters. The molecule has 3 N–H and O–H groups in total. The molecule has 0 bridgehead atoms. The van der Waals surface area contributed by atoms with Gasteiger partial charge in [-0.3, -0.25) is 0 Å². The molecule has 0 saturated carbocycles. The largest absolute Gasteiger partial charge is 0.395 e. The van der Waals surface area contributed by atoms with Gasteiger partial charge in [-0.1, -0.05) is 13.8 Å². The monoisotopic (exact) mass is 268 g/mol. The van der Waals surface area contributed by atoms with Gasteiger partial charge in [0, 0.05) is 19.1 Å². The molecular formula is C10H24N2O4S. The quantitative estimate of drug-likeness (QED) is 0.442. The van der Waals surface area contributed by atoms with Crippen molar-refractivity contribution in [2.24, 2.45) is 0 Å². The molecule has 17 heavy (non-hydrogen) atoms. The highest BCUT2D eigenvalue weighted by Crippen LogP contribution is 2.02. The topological polar surface area (TPSA) is 89.9 Å². The van der Waals surface area contributed by atoms with Crippen molar-refractivity contribution in [3.8, 4) is 0 Å². The lowest BCUT2D eigenvalue weighted by Gasteiger charge is -2.20. The fourth-order valence-electron chi connectivity index (χ4n) is 1.39. The molecule has 0 spiro atoms. The minimum absolute atomic E-state index is 0.0344. The second-order valence-corrected chi connectivity index (χ2v) is 6.21. The molecule has 0 saturated heterocycles. The Morgan fingerprint density at radius 2 is 1.71 bits per heavy atom. The van der Waals surface area contributed by atoms with Crippen molar-refractivity contribution in [1.29, 1.82) is 0 Å². The van der Waals surface area contributed by atoms with E-state index in [4.69, 9.17) is 10.2 Å². The van der Waals surface area contributed by atoms with Gasteiger partial charge in [0.1, 0.15) is 0 Å². The third-order valence-corrected chi connectivity index (χ3v) is 4.18. The Morgan fingerprint density at radius 1 is 1.18 bits per heavy atom. The molecule has 0 aliphatic heterocycles. The van der Waals surface area contributed by atoms with Crippen LogP contribution in [0.4, 0.5) is 0 Å². The molecule has 0 aromatic heterocycles. The van der Waals surface area contributed by atoms with Crippen LogP contribution in [-0.4, -0.2) is 67.6 Å². The van der Waals surface area contributed by atoms with Gasteiger partial charge in [0.15, 0.2) is 0 Å². The molecule has 6 nitrogen and oxygen atoms in total. The van der Waals surface area contributed by atoms with E-state index in [1.807, 2.05) is 13.8 Å². The summed E-state index contributed by atoms with van der Waals surface area (Å²) < 4.78 is 24.8. The van der Waals surface area contributed by atoms with Crippen LogP contribution in [0.3, 0.4) is 0 Å². The molecule has 0 aromatic rings. The molecule has 0 aliphatic carbocycles. The number of hydrogen-bond donors (Lipinski definition) is 3. The van der Waals surface area contributed by atoms with Crippen molar-refractivity contribution in [3.05, 3.63) is 0 Å². The van der Waals surface area contributed by atoms with E-state index in [1.165, 1.54) is 0 Å². The Kier molecular flexibility index (Phi) is 8.71. The first-order valence-electron chi connectivity index (χ1n) is 5.87. The summed E-state index contributed by atoms with van der Waals surface area (Å²) in [6, 6.07) is 0.337. The van der Waals surface area contributed by atoms with Gasteiger partial charge in [0.25, 0.3) is 0 Å². The van der Waals surface area contributed by atoms with E-state index in [1.54, 1.807) is 0 Å². The number of nitrogens with one attached hydrogen (secondary N) is 1. The molecule has 7 heteroatoms. The van der Waals surface area contributed by atoms with E-state index in [-0.39, 0.29) is 32.1 Å². The molecule has 0 rings (SSSR count). The Morgan fingerprint density at radius 3 is 2.12 bits per heavy atom. The second kappa shape index (κ2) is 8.82. The molecule has 0 unspecified atom stereocenters. The number of aliphatic hydroxyl groups excluding tert-OH is 2. The fraction of sp³-hybridized carbons (Fsp3) is 1.00. The van der Waals surface area contributed by atoms with Gasteiger partial charge in [0.05, 0.1) is 19.0 Å².